The number of amides is 2. The molecular formula is C20H16FN3O. The number of aromatic nitrogens is 1. The summed E-state index contributed by atoms with van der Waals surface area (Å²) < 4.78 is 13.8. The Morgan fingerprint density at radius 1 is 0.960 bits per heavy atom. The summed E-state index contributed by atoms with van der Waals surface area (Å²) in [5.41, 5.74) is 4.88. The van der Waals surface area contributed by atoms with Gasteiger partial charge in [0.15, 0.2) is 0 Å². The van der Waals surface area contributed by atoms with Gasteiger partial charge in [-0.3, -0.25) is 0 Å². The number of aryl methyl sites for hydroxylation is 1. The van der Waals surface area contributed by atoms with Crippen molar-refractivity contribution in [3.63, 3.8) is 0 Å². The van der Waals surface area contributed by atoms with Gasteiger partial charge in [0.2, 0.25) is 5.95 Å². The fourth-order valence-corrected chi connectivity index (χ4v) is 3.22. The number of benzene rings is 2. The highest BCUT2D eigenvalue weighted by Gasteiger charge is 2.29. The molecule has 25 heavy (non-hydrogen) atoms. The normalized spacial score (nSPS) is 12.4. The van der Waals surface area contributed by atoms with Gasteiger partial charge < -0.3 is 10.6 Å². The van der Waals surface area contributed by atoms with Crippen molar-refractivity contribution in [2.45, 2.75) is 13.0 Å². The van der Waals surface area contributed by atoms with Crippen LogP contribution in [0.2, 0.25) is 0 Å². The molecule has 2 aromatic carbocycles. The Bertz CT molecular complexity index is 925. The van der Waals surface area contributed by atoms with Gasteiger partial charge in [0, 0.05) is 5.69 Å². The van der Waals surface area contributed by atoms with Crippen LogP contribution in [0.15, 0.2) is 60.7 Å². The molecular weight excluding hydrogens is 317 g/mol. The minimum Gasteiger partial charge on any atom is -0.327 e. The van der Waals surface area contributed by atoms with Crippen LogP contribution in [-0.2, 0) is 0 Å². The molecule has 2 N–H and O–H groups in total. The Kier molecular flexibility index (Phi) is 3.69. The number of rotatable bonds is 2. The minimum atomic E-state index is -0.692. The molecule has 0 atom stereocenters. The van der Waals surface area contributed by atoms with Crippen LogP contribution in [0, 0.1) is 12.9 Å². The van der Waals surface area contributed by atoms with Crippen LogP contribution < -0.4 is 10.6 Å². The second-order valence-electron chi connectivity index (χ2n) is 6.00. The largest absolute Gasteiger partial charge is 0.327 e. The number of halogens is 1. The molecule has 0 aliphatic heterocycles. The van der Waals surface area contributed by atoms with E-state index in [1.54, 1.807) is 13.0 Å². The lowest BCUT2D eigenvalue weighted by Gasteiger charge is -2.16. The SMILES string of the molecule is Cc1ccc(NC(=O)NC2c3ccccc3-c3ccccc32)c(F)n1. The van der Waals surface area contributed by atoms with Gasteiger partial charge in [0.25, 0.3) is 0 Å². The number of carbonyl (C=O) groups is 1. The first kappa shape index (κ1) is 15.3. The van der Waals surface area contributed by atoms with Crippen LogP contribution in [0.25, 0.3) is 11.1 Å². The van der Waals surface area contributed by atoms with Gasteiger partial charge in [-0.05, 0) is 41.3 Å². The number of anilines is 1. The molecule has 1 aliphatic rings. The van der Waals surface area contributed by atoms with Gasteiger partial charge in [0.05, 0.1) is 11.7 Å². The number of urea groups is 1. The van der Waals surface area contributed by atoms with E-state index in [9.17, 15) is 9.18 Å². The fraction of sp³-hybridized carbons (Fsp3) is 0.100. The number of nitrogens with zero attached hydrogens (tertiary/aromatic N) is 1. The molecule has 0 unspecified atom stereocenters. The molecule has 4 nitrogen and oxygen atoms in total. The van der Waals surface area contributed by atoms with Crippen molar-refractivity contribution in [1.29, 1.82) is 0 Å². The third-order valence-corrected chi connectivity index (χ3v) is 4.35. The Hall–Kier alpha value is -3.21. The van der Waals surface area contributed by atoms with E-state index in [0.29, 0.717) is 5.69 Å². The maximum absolute atomic E-state index is 13.8. The molecule has 0 saturated heterocycles. The molecule has 1 aliphatic carbocycles. The van der Waals surface area contributed by atoms with Crippen molar-refractivity contribution < 1.29 is 9.18 Å². The Labute approximate surface area is 144 Å². The van der Waals surface area contributed by atoms with Crippen LogP contribution in [0.3, 0.4) is 0 Å². The molecule has 124 valence electrons. The molecule has 4 rings (SSSR count). The van der Waals surface area contributed by atoms with Gasteiger partial charge in [0.1, 0.15) is 0 Å². The molecule has 0 radical (unpaired) electrons. The highest BCUT2D eigenvalue weighted by molar-refractivity contribution is 5.91. The molecule has 1 heterocycles. The molecule has 5 heteroatoms. The summed E-state index contributed by atoms with van der Waals surface area (Å²) in [5, 5.41) is 5.48. The Morgan fingerprint density at radius 3 is 2.16 bits per heavy atom. The van der Waals surface area contributed by atoms with Crippen molar-refractivity contribution in [2.24, 2.45) is 0 Å². The van der Waals surface area contributed by atoms with Crippen molar-refractivity contribution in [2.75, 3.05) is 5.32 Å². The summed E-state index contributed by atoms with van der Waals surface area (Å²) in [4.78, 5) is 16.1. The summed E-state index contributed by atoms with van der Waals surface area (Å²) >= 11 is 0. The van der Waals surface area contributed by atoms with E-state index in [2.05, 4.69) is 15.6 Å². The standard InChI is InChI=1S/C20H16FN3O/c1-12-10-11-17(19(21)22-12)23-20(25)24-18-15-8-4-2-6-13(15)14-7-3-5-9-16(14)18/h2-11,18H,1H3,(H2,23,24,25). The lowest BCUT2D eigenvalue weighted by molar-refractivity contribution is 0.250. The van der Waals surface area contributed by atoms with Crippen LogP contribution in [0.4, 0.5) is 14.9 Å². The summed E-state index contributed by atoms with van der Waals surface area (Å²) in [7, 11) is 0. The zero-order valence-corrected chi connectivity index (χ0v) is 13.6. The first-order valence-corrected chi connectivity index (χ1v) is 8.02. The van der Waals surface area contributed by atoms with Gasteiger partial charge >= 0.3 is 6.03 Å². The summed E-state index contributed by atoms with van der Waals surface area (Å²) in [6.45, 7) is 1.69. The number of carbonyl (C=O) groups excluding carboxylic acids is 1. The predicted octanol–water partition coefficient (Wildman–Crippen LogP) is 4.42. The van der Waals surface area contributed by atoms with E-state index >= 15 is 0 Å². The average Bonchev–Trinajstić information content (AvgIpc) is 2.92. The van der Waals surface area contributed by atoms with E-state index in [1.807, 2.05) is 48.5 Å². The molecule has 0 fully saturated rings. The molecule has 3 aromatic rings. The zero-order valence-electron chi connectivity index (χ0n) is 13.6. The lowest BCUT2D eigenvalue weighted by Crippen LogP contribution is -2.32. The maximum Gasteiger partial charge on any atom is 0.320 e. The molecule has 0 bridgehead atoms. The second-order valence-corrected chi connectivity index (χ2v) is 6.00. The molecule has 0 saturated carbocycles. The maximum atomic E-state index is 13.8. The third kappa shape index (κ3) is 2.74. The lowest BCUT2D eigenvalue weighted by atomic mass is 10.1. The van der Waals surface area contributed by atoms with Crippen molar-refractivity contribution in [3.8, 4) is 11.1 Å². The highest BCUT2D eigenvalue weighted by Crippen LogP contribution is 2.42. The average molecular weight is 333 g/mol. The number of nitrogens with one attached hydrogen (secondary N) is 2. The van der Waals surface area contributed by atoms with E-state index < -0.39 is 12.0 Å². The van der Waals surface area contributed by atoms with Gasteiger partial charge in [-0.1, -0.05) is 48.5 Å². The van der Waals surface area contributed by atoms with Gasteiger partial charge in [-0.25, -0.2) is 9.78 Å². The van der Waals surface area contributed by atoms with Crippen LogP contribution in [0.5, 0.6) is 0 Å². The van der Waals surface area contributed by atoms with Crippen LogP contribution in [0.1, 0.15) is 22.9 Å². The molecule has 0 spiro atoms. The van der Waals surface area contributed by atoms with Crippen molar-refractivity contribution in [3.05, 3.63) is 83.4 Å². The van der Waals surface area contributed by atoms with Gasteiger partial charge in [-0.2, -0.15) is 4.39 Å². The molecule has 2 amide bonds. The monoisotopic (exact) mass is 333 g/mol. The van der Waals surface area contributed by atoms with E-state index in [1.165, 1.54) is 6.07 Å². The number of pyridine rings is 1. The zero-order chi connectivity index (χ0) is 17.4. The Morgan fingerprint density at radius 2 is 1.56 bits per heavy atom. The Balaban J connectivity index is 1.61. The van der Waals surface area contributed by atoms with Crippen molar-refractivity contribution in [1.82, 2.24) is 10.3 Å². The number of fused-ring (bicyclic) bond motifs is 3. The highest BCUT2D eigenvalue weighted by atomic mass is 19.1. The number of hydrogen-bond acceptors (Lipinski definition) is 2. The summed E-state index contributed by atoms with van der Waals surface area (Å²) in [5.74, 6) is -0.692. The predicted molar refractivity (Wildman–Crippen MR) is 94.8 cm³/mol. The second kappa shape index (κ2) is 6.02. The fourth-order valence-electron chi connectivity index (χ4n) is 3.22. The summed E-state index contributed by atoms with van der Waals surface area (Å²) in [6, 6.07) is 18.3. The van der Waals surface area contributed by atoms with E-state index in [0.717, 1.165) is 22.3 Å². The first-order chi connectivity index (χ1) is 12.1. The van der Waals surface area contributed by atoms with Crippen LogP contribution >= 0.6 is 0 Å². The van der Waals surface area contributed by atoms with E-state index in [-0.39, 0.29) is 11.7 Å². The molecule has 1 aromatic heterocycles. The number of hydrogen-bond donors (Lipinski definition) is 2. The van der Waals surface area contributed by atoms with Crippen molar-refractivity contribution >= 4 is 11.7 Å². The smallest absolute Gasteiger partial charge is 0.320 e. The van der Waals surface area contributed by atoms with Crippen LogP contribution in [-0.4, -0.2) is 11.0 Å². The summed E-state index contributed by atoms with van der Waals surface area (Å²) in [6.07, 6.45) is 0. The topological polar surface area (TPSA) is 54.0 Å². The van der Waals surface area contributed by atoms with Gasteiger partial charge in [-0.15, -0.1) is 0 Å². The minimum absolute atomic E-state index is 0.0580. The van der Waals surface area contributed by atoms with E-state index in [4.69, 9.17) is 0 Å². The first-order valence-electron chi connectivity index (χ1n) is 8.02. The quantitative estimate of drug-likeness (QED) is 0.682. The third-order valence-electron chi connectivity index (χ3n) is 4.35.